The molecule has 0 aromatic carbocycles. The van der Waals surface area contributed by atoms with E-state index in [9.17, 15) is 5.11 Å². The highest BCUT2D eigenvalue weighted by Gasteiger charge is 2.31. The largest absolute Gasteiger partial charge is 0.396 e. The lowest BCUT2D eigenvalue weighted by atomic mass is 9.72. The van der Waals surface area contributed by atoms with Crippen LogP contribution >= 0.6 is 0 Å². The van der Waals surface area contributed by atoms with Gasteiger partial charge in [-0.25, -0.2) is 0 Å². The molecule has 0 aliphatic heterocycles. The fourth-order valence-electron chi connectivity index (χ4n) is 3.42. The van der Waals surface area contributed by atoms with Crippen molar-refractivity contribution in [1.29, 1.82) is 0 Å². The van der Waals surface area contributed by atoms with Gasteiger partial charge in [0, 0.05) is 26.2 Å². The zero-order chi connectivity index (χ0) is 15.0. The van der Waals surface area contributed by atoms with E-state index in [4.69, 9.17) is 4.99 Å². The highest BCUT2D eigenvalue weighted by atomic mass is 16.3. The SMILES string of the molecule is CCNC(=NCC1(CCO)CCCCC1)NCCC1CC1. The van der Waals surface area contributed by atoms with Crippen molar-refractivity contribution in [2.24, 2.45) is 16.3 Å². The Balaban J connectivity index is 1.84. The minimum atomic E-state index is 0.242. The predicted molar refractivity (Wildman–Crippen MR) is 88.5 cm³/mol. The van der Waals surface area contributed by atoms with Gasteiger partial charge in [0.1, 0.15) is 0 Å². The van der Waals surface area contributed by atoms with Crippen molar-refractivity contribution in [2.75, 3.05) is 26.2 Å². The summed E-state index contributed by atoms with van der Waals surface area (Å²) in [4.78, 5) is 4.83. The quantitative estimate of drug-likeness (QED) is 0.477. The second kappa shape index (κ2) is 8.62. The van der Waals surface area contributed by atoms with Gasteiger partial charge in [-0.1, -0.05) is 32.1 Å². The maximum Gasteiger partial charge on any atom is 0.191 e. The Morgan fingerprint density at radius 1 is 1.19 bits per heavy atom. The summed E-state index contributed by atoms with van der Waals surface area (Å²) in [5.74, 6) is 1.92. The van der Waals surface area contributed by atoms with Crippen LogP contribution in [0.15, 0.2) is 4.99 Å². The van der Waals surface area contributed by atoms with Gasteiger partial charge in [-0.15, -0.1) is 0 Å². The zero-order valence-electron chi connectivity index (χ0n) is 13.7. The summed E-state index contributed by atoms with van der Waals surface area (Å²) < 4.78 is 0. The lowest BCUT2D eigenvalue weighted by molar-refractivity contribution is 0.137. The van der Waals surface area contributed by atoms with E-state index in [1.165, 1.54) is 51.4 Å². The molecule has 122 valence electrons. The van der Waals surface area contributed by atoms with Gasteiger partial charge in [-0.2, -0.15) is 0 Å². The van der Waals surface area contributed by atoms with Gasteiger partial charge in [0.25, 0.3) is 0 Å². The number of hydrogen-bond acceptors (Lipinski definition) is 2. The topological polar surface area (TPSA) is 56.7 Å². The van der Waals surface area contributed by atoms with Crippen LogP contribution in [0.4, 0.5) is 0 Å². The monoisotopic (exact) mass is 295 g/mol. The molecule has 21 heavy (non-hydrogen) atoms. The van der Waals surface area contributed by atoms with Crippen molar-refractivity contribution in [3.05, 3.63) is 0 Å². The third kappa shape index (κ3) is 5.85. The van der Waals surface area contributed by atoms with Crippen molar-refractivity contribution < 1.29 is 5.11 Å². The molecule has 0 spiro atoms. The first-order valence-electron chi connectivity index (χ1n) is 8.91. The van der Waals surface area contributed by atoms with Crippen LogP contribution in [0.5, 0.6) is 0 Å². The molecule has 4 nitrogen and oxygen atoms in total. The Labute approximate surface area is 129 Å². The number of nitrogens with one attached hydrogen (secondary N) is 2. The van der Waals surface area contributed by atoms with Crippen LogP contribution in [0, 0.1) is 11.3 Å². The summed E-state index contributed by atoms with van der Waals surface area (Å²) in [6.45, 7) is 5.20. The molecule has 0 aromatic heterocycles. The summed E-state index contributed by atoms with van der Waals surface area (Å²) >= 11 is 0. The van der Waals surface area contributed by atoms with Crippen molar-refractivity contribution in [3.63, 3.8) is 0 Å². The summed E-state index contributed by atoms with van der Waals surface area (Å²) in [5, 5.41) is 16.2. The molecule has 2 saturated carbocycles. The maximum atomic E-state index is 9.38. The van der Waals surface area contributed by atoms with E-state index in [1.54, 1.807) is 0 Å². The molecular formula is C17H33N3O. The number of guanidine groups is 1. The van der Waals surface area contributed by atoms with Crippen LogP contribution < -0.4 is 10.6 Å². The lowest BCUT2D eigenvalue weighted by Gasteiger charge is -2.35. The smallest absolute Gasteiger partial charge is 0.191 e. The van der Waals surface area contributed by atoms with Gasteiger partial charge in [0.05, 0.1) is 0 Å². The van der Waals surface area contributed by atoms with Gasteiger partial charge in [-0.05, 0) is 43.9 Å². The van der Waals surface area contributed by atoms with E-state index in [-0.39, 0.29) is 5.41 Å². The number of aliphatic hydroxyl groups excluding tert-OH is 1. The third-order valence-electron chi connectivity index (χ3n) is 5.02. The second-order valence-electron chi connectivity index (χ2n) is 6.89. The molecule has 0 heterocycles. The molecule has 2 fully saturated rings. The van der Waals surface area contributed by atoms with Gasteiger partial charge in [0.15, 0.2) is 5.96 Å². The van der Waals surface area contributed by atoms with Gasteiger partial charge >= 0.3 is 0 Å². The standard InChI is InChI=1S/C17H33N3O/c1-2-18-16(19-12-8-15-6-7-15)20-14-17(11-13-21)9-4-3-5-10-17/h15,21H,2-14H2,1H3,(H2,18,19,20). The fourth-order valence-corrected chi connectivity index (χ4v) is 3.42. The van der Waals surface area contributed by atoms with Crippen LogP contribution in [0.2, 0.25) is 0 Å². The molecule has 2 rings (SSSR count). The molecule has 2 aliphatic rings. The molecule has 0 bridgehead atoms. The van der Waals surface area contributed by atoms with E-state index < -0.39 is 0 Å². The highest BCUT2D eigenvalue weighted by molar-refractivity contribution is 5.79. The molecule has 0 amide bonds. The minimum absolute atomic E-state index is 0.242. The molecular weight excluding hydrogens is 262 g/mol. The Bertz CT molecular complexity index is 314. The van der Waals surface area contributed by atoms with E-state index in [1.807, 2.05) is 0 Å². The molecule has 3 N–H and O–H groups in total. The van der Waals surface area contributed by atoms with Crippen molar-refractivity contribution in [1.82, 2.24) is 10.6 Å². The van der Waals surface area contributed by atoms with E-state index in [0.29, 0.717) is 6.61 Å². The molecule has 4 heteroatoms. The van der Waals surface area contributed by atoms with Crippen molar-refractivity contribution in [3.8, 4) is 0 Å². The van der Waals surface area contributed by atoms with Crippen LogP contribution in [0.3, 0.4) is 0 Å². The highest BCUT2D eigenvalue weighted by Crippen LogP contribution is 2.39. The first-order chi connectivity index (χ1) is 10.3. The lowest BCUT2D eigenvalue weighted by Crippen LogP contribution is -2.39. The van der Waals surface area contributed by atoms with Gasteiger partial charge in [-0.3, -0.25) is 4.99 Å². The summed E-state index contributed by atoms with van der Waals surface area (Å²) in [6, 6.07) is 0. The maximum absolute atomic E-state index is 9.38. The average Bonchev–Trinajstić information content (AvgIpc) is 3.30. The molecule has 0 radical (unpaired) electrons. The van der Waals surface area contributed by atoms with Gasteiger partial charge < -0.3 is 15.7 Å². The average molecular weight is 295 g/mol. The predicted octanol–water partition coefficient (Wildman–Crippen LogP) is 2.67. The number of rotatable bonds is 8. The number of nitrogens with zero attached hydrogens (tertiary/aromatic N) is 1. The van der Waals surface area contributed by atoms with Gasteiger partial charge in [0.2, 0.25) is 0 Å². The molecule has 0 unspecified atom stereocenters. The molecule has 2 aliphatic carbocycles. The van der Waals surface area contributed by atoms with Crippen LogP contribution in [0.25, 0.3) is 0 Å². The Hall–Kier alpha value is -0.770. The Morgan fingerprint density at radius 3 is 2.57 bits per heavy atom. The van der Waals surface area contributed by atoms with E-state index in [2.05, 4.69) is 17.6 Å². The molecule has 0 atom stereocenters. The molecule has 0 saturated heterocycles. The van der Waals surface area contributed by atoms with Crippen LogP contribution in [-0.2, 0) is 0 Å². The Kier molecular flexibility index (Phi) is 6.81. The van der Waals surface area contributed by atoms with E-state index >= 15 is 0 Å². The molecule has 0 aromatic rings. The first kappa shape index (κ1) is 16.6. The Morgan fingerprint density at radius 2 is 1.95 bits per heavy atom. The van der Waals surface area contributed by atoms with E-state index in [0.717, 1.165) is 37.9 Å². The van der Waals surface area contributed by atoms with Crippen LogP contribution in [0.1, 0.15) is 64.7 Å². The number of hydrogen-bond donors (Lipinski definition) is 3. The summed E-state index contributed by atoms with van der Waals surface area (Å²) in [5.41, 5.74) is 0.242. The van der Waals surface area contributed by atoms with Crippen molar-refractivity contribution in [2.45, 2.75) is 64.7 Å². The number of aliphatic imine (C=N–C) groups is 1. The number of aliphatic hydroxyl groups is 1. The third-order valence-corrected chi connectivity index (χ3v) is 5.02. The first-order valence-corrected chi connectivity index (χ1v) is 8.91. The summed E-state index contributed by atoms with van der Waals surface area (Å²) in [6.07, 6.45) is 11.4. The fraction of sp³-hybridized carbons (Fsp3) is 0.941. The summed E-state index contributed by atoms with van der Waals surface area (Å²) in [7, 11) is 0. The van der Waals surface area contributed by atoms with Crippen LogP contribution in [-0.4, -0.2) is 37.3 Å². The second-order valence-corrected chi connectivity index (χ2v) is 6.89. The van der Waals surface area contributed by atoms with Crippen molar-refractivity contribution >= 4 is 5.96 Å². The zero-order valence-corrected chi connectivity index (χ0v) is 13.7. The normalized spacial score (nSPS) is 22.1. The minimum Gasteiger partial charge on any atom is -0.396 e.